The van der Waals surface area contributed by atoms with Crippen LogP contribution in [0.3, 0.4) is 0 Å². The molecule has 3 rings (SSSR count). The summed E-state index contributed by atoms with van der Waals surface area (Å²) in [7, 11) is 0. The molecule has 7 heteroatoms. The summed E-state index contributed by atoms with van der Waals surface area (Å²) < 4.78 is 5.77. The number of nitrogens with zero attached hydrogens (tertiary/aromatic N) is 1. The number of carbonyl (C=O) groups is 2. The Bertz CT molecular complexity index is 667. The third kappa shape index (κ3) is 4.89. The molecule has 2 aliphatic heterocycles. The fourth-order valence-electron chi connectivity index (χ4n) is 3.42. The third-order valence-corrected chi connectivity index (χ3v) is 5.18. The second kappa shape index (κ2) is 8.73. The van der Waals surface area contributed by atoms with Crippen molar-refractivity contribution in [2.75, 3.05) is 31.6 Å². The Hall–Kier alpha value is -1.79. The van der Waals surface area contributed by atoms with E-state index in [2.05, 4.69) is 12.2 Å². The number of halogens is 1. The van der Waals surface area contributed by atoms with Crippen molar-refractivity contribution in [3.05, 3.63) is 23.8 Å². The maximum atomic E-state index is 12.3. The highest BCUT2D eigenvalue weighted by atomic mass is 35.5. The molecule has 1 saturated heterocycles. The van der Waals surface area contributed by atoms with Crippen molar-refractivity contribution in [2.24, 2.45) is 11.1 Å². The number of carbonyl (C=O) groups excluding carboxylic acids is 2. The fraction of sp³-hybridized carbons (Fsp3) is 0.579. The zero-order chi connectivity index (χ0) is 17.9. The van der Waals surface area contributed by atoms with Crippen LogP contribution >= 0.6 is 12.4 Å². The monoisotopic (exact) mass is 381 g/mol. The Kier molecular flexibility index (Phi) is 6.89. The van der Waals surface area contributed by atoms with E-state index in [1.807, 2.05) is 23.1 Å². The molecule has 1 fully saturated rings. The predicted molar refractivity (Wildman–Crippen MR) is 104 cm³/mol. The largest absolute Gasteiger partial charge is 0.494 e. The lowest BCUT2D eigenvalue weighted by molar-refractivity contribution is -0.130. The van der Waals surface area contributed by atoms with E-state index < -0.39 is 0 Å². The van der Waals surface area contributed by atoms with Crippen molar-refractivity contribution >= 4 is 29.9 Å². The lowest BCUT2D eigenvalue weighted by Crippen LogP contribution is -2.34. The van der Waals surface area contributed by atoms with E-state index >= 15 is 0 Å². The molecule has 2 heterocycles. The molecule has 6 nitrogen and oxygen atoms in total. The van der Waals surface area contributed by atoms with Crippen LogP contribution in [0.5, 0.6) is 5.75 Å². The van der Waals surface area contributed by atoms with E-state index in [0.29, 0.717) is 32.4 Å². The van der Waals surface area contributed by atoms with Gasteiger partial charge in [0.05, 0.1) is 6.61 Å². The van der Waals surface area contributed by atoms with Crippen LogP contribution in [-0.2, 0) is 16.0 Å². The Labute approximate surface area is 160 Å². The van der Waals surface area contributed by atoms with E-state index in [-0.39, 0.29) is 29.6 Å². The molecule has 2 aliphatic rings. The number of aryl methyl sites for hydroxylation is 1. The van der Waals surface area contributed by atoms with Gasteiger partial charge < -0.3 is 20.7 Å². The van der Waals surface area contributed by atoms with Gasteiger partial charge in [0.15, 0.2) is 0 Å². The van der Waals surface area contributed by atoms with Crippen molar-refractivity contribution in [1.82, 2.24) is 4.90 Å². The molecule has 1 atom stereocenters. The van der Waals surface area contributed by atoms with E-state index in [4.69, 9.17) is 10.5 Å². The van der Waals surface area contributed by atoms with Gasteiger partial charge in [0.1, 0.15) is 5.75 Å². The first-order valence-electron chi connectivity index (χ1n) is 9.02. The van der Waals surface area contributed by atoms with Crippen molar-refractivity contribution in [1.29, 1.82) is 0 Å². The number of hydrogen-bond acceptors (Lipinski definition) is 4. The maximum absolute atomic E-state index is 12.3. The predicted octanol–water partition coefficient (Wildman–Crippen LogP) is 2.35. The zero-order valence-electron chi connectivity index (χ0n) is 15.3. The Morgan fingerprint density at radius 1 is 1.38 bits per heavy atom. The van der Waals surface area contributed by atoms with Crippen molar-refractivity contribution in [3.63, 3.8) is 0 Å². The molecule has 0 saturated carbocycles. The molecule has 2 amide bonds. The number of likely N-dealkylation sites (tertiary alicyclic amines) is 1. The van der Waals surface area contributed by atoms with Crippen LogP contribution in [0.25, 0.3) is 0 Å². The van der Waals surface area contributed by atoms with Crippen LogP contribution in [-0.4, -0.2) is 43.0 Å². The molecule has 0 aromatic heterocycles. The van der Waals surface area contributed by atoms with Gasteiger partial charge in [0.2, 0.25) is 11.8 Å². The summed E-state index contributed by atoms with van der Waals surface area (Å²) in [5.41, 5.74) is 7.84. The van der Waals surface area contributed by atoms with Gasteiger partial charge in [-0.1, -0.05) is 6.92 Å². The molecule has 1 unspecified atom stereocenters. The number of amides is 2. The van der Waals surface area contributed by atoms with Gasteiger partial charge in [0.25, 0.3) is 0 Å². The molecule has 1 aromatic rings. The summed E-state index contributed by atoms with van der Waals surface area (Å²) >= 11 is 0. The summed E-state index contributed by atoms with van der Waals surface area (Å²) in [6.07, 6.45) is 3.44. The quantitative estimate of drug-likeness (QED) is 0.741. The lowest BCUT2D eigenvalue weighted by atomic mass is 9.90. The molecule has 0 spiro atoms. The number of nitrogens with two attached hydrogens (primary N) is 1. The minimum Gasteiger partial charge on any atom is -0.494 e. The fourth-order valence-corrected chi connectivity index (χ4v) is 3.42. The third-order valence-electron chi connectivity index (χ3n) is 5.18. The maximum Gasteiger partial charge on any atom is 0.224 e. The van der Waals surface area contributed by atoms with Crippen molar-refractivity contribution in [3.8, 4) is 5.75 Å². The molecular weight excluding hydrogens is 354 g/mol. The van der Waals surface area contributed by atoms with Gasteiger partial charge in [0, 0.05) is 31.6 Å². The Balaban J connectivity index is 0.00000243. The number of ether oxygens (including phenoxy) is 1. The van der Waals surface area contributed by atoms with Gasteiger partial charge in [-0.2, -0.15) is 0 Å². The second-order valence-electron chi connectivity index (χ2n) is 7.40. The summed E-state index contributed by atoms with van der Waals surface area (Å²) in [4.78, 5) is 25.6. The van der Waals surface area contributed by atoms with E-state index in [0.717, 1.165) is 42.9 Å². The minimum absolute atomic E-state index is 0. The van der Waals surface area contributed by atoms with Crippen LogP contribution < -0.4 is 15.8 Å². The molecule has 0 bridgehead atoms. The summed E-state index contributed by atoms with van der Waals surface area (Å²) in [5.74, 6) is 1.04. The SMILES string of the molecule is CC1(CN)CCN(C(=O)CCCOc2ccc3c(c2)CCC(=O)N3)C1.Cl. The van der Waals surface area contributed by atoms with Crippen molar-refractivity contribution < 1.29 is 14.3 Å². The number of benzene rings is 1. The highest BCUT2D eigenvalue weighted by molar-refractivity contribution is 5.94. The number of hydrogen-bond donors (Lipinski definition) is 2. The van der Waals surface area contributed by atoms with Crippen molar-refractivity contribution in [2.45, 2.75) is 39.0 Å². The highest BCUT2D eigenvalue weighted by Gasteiger charge is 2.34. The van der Waals surface area contributed by atoms with Crippen LogP contribution in [0, 0.1) is 5.41 Å². The summed E-state index contributed by atoms with van der Waals surface area (Å²) in [6.45, 7) is 4.85. The molecule has 26 heavy (non-hydrogen) atoms. The topological polar surface area (TPSA) is 84.7 Å². The van der Waals surface area contributed by atoms with Gasteiger partial charge in [-0.15, -0.1) is 12.4 Å². The molecule has 0 aliphatic carbocycles. The average Bonchev–Trinajstić information content (AvgIpc) is 3.02. The molecular formula is C19H28ClN3O3. The average molecular weight is 382 g/mol. The molecule has 3 N–H and O–H groups in total. The van der Waals surface area contributed by atoms with E-state index in [1.165, 1.54) is 0 Å². The summed E-state index contributed by atoms with van der Waals surface area (Å²) in [6, 6.07) is 5.72. The molecule has 0 radical (unpaired) electrons. The van der Waals surface area contributed by atoms with Gasteiger partial charge in [-0.3, -0.25) is 9.59 Å². The normalized spacial score (nSPS) is 21.6. The number of nitrogens with one attached hydrogen (secondary N) is 1. The van der Waals surface area contributed by atoms with E-state index in [9.17, 15) is 9.59 Å². The number of rotatable bonds is 6. The molecule has 1 aromatic carbocycles. The standard InChI is InChI=1S/C19H27N3O3.ClH/c1-19(12-20)8-9-22(13-19)18(24)3-2-10-25-15-5-6-16-14(11-15)4-7-17(23)21-16;/h5-6,11H,2-4,7-10,12-13,20H2,1H3,(H,21,23);1H. The smallest absolute Gasteiger partial charge is 0.224 e. The number of fused-ring (bicyclic) bond motifs is 1. The highest BCUT2D eigenvalue weighted by Crippen LogP contribution is 2.29. The zero-order valence-corrected chi connectivity index (χ0v) is 16.1. The number of anilines is 1. The molecule has 144 valence electrons. The Morgan fingerprint density at radius 3 is 2.92 bits per heavy atom. The van der Waals surface area contributed by atoms with Crippen LogP contribution in [0.1, 0.15) is 38.2 Å². The van der Waals surface area contributed by atoms with Gasteiger partial charge in [-0.25, -0.2) is 0 Å². The van der Waals surface area contributed by atoms with Crippen LogP contribution in [0.2, 0.25) is 0 Å². The van der Waals surface area contributed by atoms with E-state index in [1.54, 1.807) is 0 Å². The summed E-state index contributed by atoms with van der Waals surface area (Å²) in [5, 5.41) is 2.86. The minimum atomic E-state index is 0. The first-order chi connectivity index (χ1) is 12.0. The van der Waals surface area contributed by atoms with Gasteiger partial charge >= 0.3 is 0 Å². The lowest BCUT2D eigenvalue weighted by Gasteiger charge is -2.22. The van der Waals surface area contributed by atoms with Gasteiger partial charge in [-0.05, 0) is 55.0 Å². The van der Waals surface area contributed by atoms with Crippen LogP contribution in [0.15, 0.2) is 18.2 Å². The second-order valence-corrected chi connectivity index (χ2v) is 7.40. The van der Waals surface area contributed by atoms with Crippen LogP contribution in [0.4, 0.5) is 5.69 Å². The Morgan fingerprint density at radius 2 is 2.19 bits per heavy atom. The first-order valence-corrected chi connectivity index (χ1v) is 9.02. The first kappa shape index (κ1) is 20.5.